The Balaban J connectivity index is 1.50. The summed E-state index contributed by atoms with van der Waals surface area (Å²) in [5.41, 5.74) is -0.142. The summed E-state index contributed by atoms with van der Waals surface area (Å²) in [5.74, 6) is 0.172. The van der Waals surface area contributed by atoms with E-state index in [1.807, 2.05) is 0 Å². The molecule has 0 aromatic rings. The third-order valence-electron chi connectivity index (χ3n) is 4.76. The van der Waals surface area contributed by atoms with E-state index in [1.54, 1.807) is 0 Å². The monoisotopic (exact) mass is 309 g/mol. The number of halogens is 2. The van der Waals surface area contributed by atoms with Gasteiger partial charge < -0.3 is 9.64 Å². The van der Waals surface area contributed by atoms with Gasteiger partial charge in [0.1, 0.15) is 9.84 Å². The smallest absolute Gasteiger partial charge is 0.337 e. The molecule has 20 heavy (non-hydrogen) atoms. The van der Waals surface area contributed by atoms with Crippen LogP contribution in [0.3, 0.4) is 0 Å². The highest BCUT2D eigenvalue weighted by molar-refractivity contribution is 7.91. The van der Waals surface area contributed by atoms with Gasteiger partial charge in [0.25, 0.3) is 0 Å². The second-order valence-corrected chi connectivity index (χ2v) is 8.34. The third-order valence-corrected chi connectivity index (χ3v) is 6.42. The zero-order valence-corrected chi connectivity index (χ0v) is 11.7. The summed E-state index contributed by atoms with van der Waals surface area (Å²) in [5, 5.41) is 0. The van der Waals surface area contributed by atoms with Gasteiger partial charge in [0.2, 0.25) is 5.91 Å². The van der Waals surface area contributed by atoms with Crippen molar-refractivity contribution in [3.63, 3.8) is 0 Å². The molecule has 3 aliphatic rings. The number of nitrogens with zero attached hydrogens (tertiary/aromatic N) is 1. The summed E-state index contributed by atoms with van der Waals surface area (Å²) >= 11 is 0. The molecule has 0 N–H and O–H groups in total. The lowest BCUT2D eigenvalue weighted by molar-refractivity contribution is -0.199. The first-order valence-corrected chi connectivity index (χ1v) is 8.56. The Morgan fingerprint density at radius 3 is 2.40 bits per heavy atom. The first kappa shape index (κ1) is 14.2. The van der Waals surface area contributed by atoms with Gasteiger partial charge in [-0.2, -0.15) is 8.78 Å². The predicted octanol–water partition coefficient (Wildman–Crippen LogP) is 0.651. The lowest BCUT2D eigenvalue weighted by Gasteiger charge is -2.39. The third kappa shape index (κ3) is 2.55. The van der Waals surface area contributed by atoms with Crippen molar-refractivity contribution in [1.29, 1.82) is 0 Å². The van der Waals surface area contributed by atoms with Gasteiger partial charge >= 0.3 is 6.61 Å². The summed E-state index contributed by atoms with van der Waals surface area (Å²) in [6.07, 6.45) is 1.27. The summed E-state index contributed by atoms with van der Waals surface area (Å²) in [6.45, 7) is -2.37. The highest BCUT2D eigenvalue weighted by Crippen LogP contribution is 2.60. The van der Waals surface area contributed by atoms with Gasteiger partial charge in [0, 0.05) is 19.0 Å². The number of alkyl halides is 2. The van der Waals surface area contributed by atoms with E-state index in [9.17, 15) is 22.0 Å². The van der Waals surface area contributed by atoms with E-state index in [-0.39, 0.29) is 41.8 Å². The van der Waals surface area contributed by atoms with E-state index in [2.05, 4.69) is 4.74 Å². The Morgan fingerprint density at radius 1 is 1.25 bits per heavy atom. The molecule has 0 radical (unpaired) electrons. The van der Waals surface area contributed by atoms with Crippen molar-refractivity contribution in [2.75, 3.05) is 24.6 Å². The van der Waals surface area contributed by atoms with Crippen LogP contribution >= 0.6 is 0 Å². The Labute approximate surface area is 116 Å². The minimum atomic E-state index is -2.93. The lowest BCUT2D eigenvalue weighted by Crippen LogP contribution is -2.56. The van der Waals surface area contributed by atoms with Gasteiger partial charge in [-0.05, 0) is 24.7 Å². The van der Waals surface area contributed by atoms with Gasteiger partial charge in [0.15, 0.2) is 0 Å². The van der Waals surface area contributed by atoms with Crippen LogP contribution < -0.4 is 0 Å². The molecule has 2 saturated heterocycles. The van der Waals surface area contributed by atoms with E-state index >= 15 is 0 Å². The number of hydrogen-bond acceptors (Lipinski definition) is 4. The molecule has 3 fully saturated rings. The molecule has 1 amide bonds. The summed E-state index contributed by atoms with van der Waals surface area (Å²) in [6, 6.07) is 0. The normalized spacial score (nSPS) is 31.4. The summed E-state index contributed by atoms with van der Waals surface area (Å²) in [4.78, 5) is 13.7. The highest BCUT2D eigenvalue weighted by Gasteiger charge is 2.60. The molecular formula is C12H17F2NO4S. The second-order valence-electron chi connectivity index (χ2n) is 6.03. The quantitative estimate of drug-likeness (QED) is 0.768. The van der Waals surface area contributed by atoms with Crippen molar-refractivity contribution in [1.82, 2.24) is 4.90 Å². The average molecular weight is 309 g/mol. The van der Waals surface area contributed by atoms with E-state index in [0.29, 0.717) is 12.8 Å². The van der Waals surface area contributed by atoms with Crippen molar-refractivity contribution >= 4 is 15.7 Å². The maximum Gasteiger partial charge on any atom is 0.345 e. The van der Waals surface area contributed by atoms with Gasteiger partial charge in [-0.1, -0.05) is 0 Å². The molecule has 0 bridgehead atoms. The maximum atomic E-state index is 12.2. The second kappa shape index (κ2) is 4.62. The largest absolute Gasteiger partial charge is 0.345 e. The number of amides is 1. The van der Waals surface area contributed by atoms with Crippen molar-refractivity contribution in [3.8, 4) is 0 Å². The maximum absolute atomic E-state index is 12.2. The van der Waals surface area contributed by atoms with Crippen LogP contribution in [0.2, 0.25) is 0 Å². The predicted molar refractivity (Wildman–Crippen MR) is 65.9 cm³/mol. The van der Waals surface area contributed by atoms with E-state index in [4.69, 9.17) is 0 Å². The number of likely N-dealkylation sites (tertiary alicyclic amines) is 1. The fourth-order valence-electron chi connectivity index (χ4n) is 3.26. The Morgan fingerprint density at radius 2 is 1.85 bits per heavy atom. The highest BCUT2D eigenvalue weighted by atomic mass is 32.2. The van der Waals surface area contributed by atoms with Gasteiger partial charge in [-0.15, -0.1) is 0 Å². The van der Waals surface area contributed by atoms with Crippen LogP contribution in [0.15, 0.2) is 0 Å². The number of ether oxygens (including phenoxy) is 1. The first-order valence-electron chi connectivity index (χ1n) is 6.74. The van der Waals surface area contributed by atoms with Gasteiger partial charge in [-0.3, -0.25) is 4.79 Å². The topological polar surface area (TPSA) is 63.7 Å². The first-order chi connectivity index (χ1) is 9.31. The summed E-state index contributed by atoms with van der Waals surface area (Å²) < 4.78 is 51.1. The number of rotatable bonds is 3. The van der Waals surface area contributed by atoms with Crippen LogP contribution in [-0.2, 0) is 19.4 Å². The Hall–Kier alpha value is -0.760. The van der Waals surface area contributed by atoms with Crippen LogP contribution in [0.5, 0.6) is 0 Å². The molecule has 1 aliphatic carbocycles. The molecule has 2 heterocycles. The van der Waals surface area contributed by atoms with Crippen molar-refractivity contribution in [2.24, 2.45) is 11.3 Å². The number of carbonyl (C=O) groups is 1. The zero-order chi connectivity index (χ0) is 14.5. The number of sulfone groups is 1. The number of carbonyl (C=O) groups excluding carboxylic acids is 1. The molecule has 2 aliphatic heterocycles. The molecule has 1 unspecified atom stereocenters. The summed E-state index contributed by atoms with van der Waals surface area (Å²) in [7, 11) is -2.93. The van der Waals surface area contributed by atoms with Crippen LogP contribution in [-0.4, -0.2) is 56.5 Å². The fourth-order valence-corrected chi connectivity index (χ4v) is 4.90. The van der Waals surface area contributed by atoms with E-state index < -0.39 is 22.6 Å². The minimum Gasteiger partial charge on any atom is -0.337 e. The SMILES string of the molecule is O=C(C1CC12CCS(=O)(=O)CC2)N1CC(OC(F)F)C1. The van der Waals surface area contributed by atoms with E-state index in [0.717, 1.165) is 6.42 Å². The molecule has 3 rings (SSSR count). The molecule has 114 valence electrons. The fraction of sp³-hybridized carbons (Fsp3) is 0.917. The minimum absolute atomic E-state index is 0.0292. The lowest BCUT2D eigenvalue weighted by atomic mass is 9.95. The molecule has 5 nitrogen and oxygen atoms in total. The molecule has 1 saturated carbocycles. The van der Waals surface area contributed by atoms with Crippen LogP contribution in [0.4, 0.5) is 8.78 Å². The molecule has 0 aromatic heterocycles. The molecule has 8 heteroatoms. The zero-order valence-electron chi connectivity index (χ0n) is 10.9. The standard InChI is InChI=1S/C12H17F2NO4S/c13-11(14)19-8-6-15(7-8)10(16)9-5-12(9)1-3-20(17,18)4-2-12/h8-9,11H,1-7H2. The Kier molecular flexibility index (Phi) is 3.28. The Bertz CT molecular complexity index is 502. The van der Waals surface area contributed by atoms with Crippen molar-refractivity contribution in [2.45, 2.75) is 32.0 Å². The molecular weight excluding hydrogens is 292 g/mol. The van der Waals surface area contributed by atoms with Crippen molar-refractivity contribution < 1.29 is 26.7 Å². The van der Waals surface area contributed by atoms with E-state index in [1.165, 1.54) is 4.90 Å². The van der Waals surface area contributed by atoms with Crippen LogP contribution in [0.25, 0.3) is 0 Å². The van der Waals surface area contributed by atoms with Gasteiger partial charge in [-0.25, -0.2) is 8.42 Å². The number of hydrogen-bond donors (Lipinski definition) is 0. The van der Waals surface area contributed by atoms with Crippen LogP contribution in [0, 0.1) is 11.3 Å². The molecule has 1 atom stereocenters. The average Bonchev–Trinajstić information content (AvgIpc) is 3.02. The van der Waals surface area contributed by atoms with Gasteiger partial charge in [0.05, 0.1) is 17.6 Å². The molecule has 0 aromatic carbocycles. The molecule has 1 spiro atoms. The van der Waals surface area contributed by atoms with Crippen LogP contribution in [0.1, 0.15) is 19.3 Å². The van der Waals surface area contributed by atoms with Crippen molar-refractivity contribution in [3.05, 3.63) is 0 Å².